The summed E-state index contributed by atoms with van der Waals surface area (Å²) in [7, 11) is -2.77. The van der Waals surface area contributed by atoms with Gasteiger partial charge in [0.1, 0.15) is 6.04 Å². The lowest BCUT2D eigenvalue weighted by Gasteiger charge is -2.20. The number of likely N-dealkylation sites (N-methyl/N-ethyl adjacent to an activating group) is 1. The Hall–Kier alpha value is -0.720. The molecule has 0 spiro atoms. The lowest BCUT2D eigenvalue weighted by molar-refractivity contribution is -0.143. The number of nitrogens with zero attached hydrogens (tertiary/aromatic N) is 1. The molecule has 0 aliphatic rings. The van der Waals surface area contributed by atoms with Gasteiger partial charge in [-0.25, -0.2) is 0 Å². The zero-order valence-corrected chi connectivity index (χ0v) is 9.04. The molecule has 7 nitrogen and oxygen atoms in total. The fourth-order valence-corrected chi connectivity index (χ4v) is 1.25. The standard InChI is InChI=1S/C7H14NO6P/c1-8(6(5-9)7(10)11)3-2-4-15(12,13)14/h2,4,6,9H,3,5H2,1H3,(H,10,11)(H2,12,13,14)/t6-/m0/s1. The molecular weight excluding hydrogens is 225 g/mol. The van der Waals surface area contributed by atoms with Crippen molar-refractivity contribution >= 4 is 13.6 Å². The highest BCUT2D eigenvalue weighted by atomic mass is 31.2. The summed E-state index contributed by atoms with van der Waals surface area (Å²) in [6.45, 7) is -0.530. The van der Waals surface area contributed by atoms with E-state index in [0.29, 0.717) is 5.82 Å². The minimum Gasteiger partial charge on any atom is -0.480 e. The first kappa shape index (κ1) is 14.3. The van der Waals surface area contributed by atoms with E-state index in [2.05, 4.69) is 0 Å². The van der Waals surface area contributed by atoms with Gasteiger partial charge in [-0.2, -0.15) is 0 Å². The molecule has 0 amide bonds. The third kappa shape index (κ3) is 6.38. The molecule has 0 rings (SSSR count). The Balaban J connectivity index is 4.24. The van der Waals surface area contributed by atoms with Gasteiger partial charge < -0.3 is 20.0 Å². The Kier molecular flexibility index (Phi) is 5.71. The number of carboxylic acid groups (broad SMARTS) is 1. The molecule has 0 saturated heterocycles. The number of carbonyl (C=O) groups is 1. The zero-order chi connectivity index (χ0) is 12.1. The van der Waals surface area contributed by atoms with E-state index in [0.717, 1.165) is 6.08 Å². The van der Waals surface area contributed by atoms with Crippen LogP contribution < -0.4 is 0 Å². The SMILES string of the molecule is CN(CC=CP(=O)(O)O)[C@@H](CO)C(=O)O. The molecular formula is C7H14NO6P. The van der Waals surface area contributed by atoms with Crippen LogP contribution in [0.1, 0.15) is 0 Å². The summed E-state index contributed by atoms with van der Waals surface area (Å²) >= 11 is 0. The average molecular weight is 239 g/mol. The summed E-state index contributed by atoms with van der Waals surface area (Å²) in [6.07, 6.45) is 1.16. The molecule has 0 aliphatic carbocycles. The number of rotatable bonds is 6. The second kappa shape index (κ2) is 5.99. The van der Waals surface area contributed by atoms with Gasteiger partial charge in [-0.3, -0.25) is 14.3 Å². The molecule has 4 N–H and O–H groups in total. The summed E-state index contributed by atoms with van der Waals surface area (Å²) in [5.41, 5.74) is 0. The Bertz CT molecular complexity index is 285. The van der Waals surface area contributed by atoms with Crippen LogP contribution in [0.2, 0.25) is 0 Å². The average Bonchev–Trinajstić information content (AvgIpc) is 2.01. The Morgan fingerprint density at radius 1 is 1.53 bits per heavy atom. The van der Waals surface area contributed by atoms with Crippen LogP contribution in [0.4, 0.5) is 0 Å². The number of aliphatic hydroxyl groups is 1. The second-order valence-electron chi connectivity index (χ2n) is 2.95. The van der Waals surface area contributed by atoms with Crippen molar-refractivity contribution < 1.29 is 29.4 Å². The molecule has 8 heteroatoms. The first-order valence-corrected chi connectivity index (χ1v) is 5.73. The lowest BCUT2D eigenvalue weighted by Crippen LogP contribution is -2.41. The minimum absolute atomic E-state index is 0.0304. The highest BCUT2D eigenvalue weighted by molar-refractivity contribution is 7.55. The van der Waals surface area contributed by atoms with Gasteiger partial charge in [0.15, 0.2) is 0 Å². The molecule has 0 saturated carbocycles. The maximum Gasteiger partial charge on any atom is 0.348 e. The lowest BCUT2D eigenvalue weighted by atomic mass is 10.3. The van der Waals surface area contributed by atoms with E-state index in [1.54, 1.807) is 0 Å². The van der Waals surface area contributed by atoms with Crippen LogP contribution in [-0.4, -0.2) is 57.1 Å². The van der Waals surface area contributed by atoms with Crippen molar-refractivity contribution in [2.75, 3.05) is 20.2 Å². The molecule has 0 aromatic heterocycles. The van der Waals surface area contributed by atoms with Crippen molar-refractivity contribution in [1.82, 2.24) is 4.90 Å². The van der Waals surface area contributed by atoms with Crippen molar-refractivity contribution in [3.8, 4) is 0 Å². The van der Waals surface area contributed by atoms with Crippen molar-refractivity contribution in [2.24, 2.45) is 0 Å². The molecule has 0 aromatic carbocycles. The summed E-state index contributed by atoms with van der Waals surface area (Å²) in [6, 6.07) is -1.08. The minimum atomic E-state index is -4.20. The first-order valence-electron chi connectivity index (χ1n) is 4.04. The van der Waals surface area contributed by atoms with Crippen molar-refractivity contribution in [3.05, 3.63) is 11.9 Å². The van der Waals surface area contributed by atoms with Gasteiger partial charge >= 0.3 is 13.6 Å². The summed E-state index contributed by atoms with van der Waals surface area (Å²) in [5.74, 6) is -0.496. The fraction of sp³-hybridized carbons (Fsp3) is 0.571. The van der Waals surface area contributed by atoms with Crippen LogP contribution in [0.5, 0.6) is 0 Å². The van der Waals surface area contributed by atoms with E-state index < -0.39 is 26.2 Å². The number of aliphatic hydroxyl groups excluding tert-OH is 1. The zero-order valence-electron chi connectivity index (χ0n) is 8.15. The van der Waals surface area contributed by atoms with Crippen molar-refractivity contribution in [2.45, 2.75) is 6.04 Å². The van der Waals surface area contributed by atoms with Gasteiger partial charge in [-0.15, -0.1) is 0 Å². The maximum absolute atomic E-state index is 10.6. The van der Waals surface area contributed by atoms with Crippen LogP contribution in [0.15, 0.2) is 11.9 Å². The second-order valence-corrected chi connectivity index (χ2v) is 4.43. The largest absolute Gasteiger partial charge is 0.480 e. The van der Waals surface area contributed by atoms with E-state index in [1.807, 2.05) is 0 Å². The Morgan fingerprint density at radius 3 is 2.40 bits per heavy atom. The monoisotopic (exact) mass is 239 g/mol. The van der Waals surface area contributed by atoms with Crippen LogP contribution in [0, 0.1) is 0 Å². The Morgan fingerprint density at radius 2 is 2.07 bits per heavy atom. The van der Waals surface area contributed by atoms with Crippen LogP contribution in [0.25, 0.3) is 0 Å². The van der Waals surface area contributed by atoms with Gasteiger partial charge in [0.05, 0.1) is 6.61 Å². The van der Waals surface area contributed by atoms with Crippen molar-refractivity contribution in [3.63, 3.8) is 0 Å². The summed E-state index contributed by atoms with van der Waals surface area (Å²) < 4.78 is 10.4. The molecule has 15 heavy (non-hydrogen) atoms. The highest BCUT2D eigenvalue weighted by Crippen LogP contribution is 2.35. The van der Waals surface area contributed by atoms with E-state index in [-0.39, 0.29) is 6.54 Å². The molecule has 88 valence electrons. The quantitative estimate of drug-likeness (QED) is 0.441. The molecule has 0 fully saturated rings. The Labute approximate surface area is 86.8 Å². The van der Waals surface area contributed by atoms with Gasteiger partial charge in [0.2, 0.25) is 0 Å². The van der Waals surface area contributed by atoms with Crippen LogP contribution in [0.3, 0.4) is 0 Å². The van der Waals surface area contributed by atoms with Crippen molar-refractivity contribution in [1.29, 1.82) is 0 Å². The van der Waals surface area contributed by atoms with Gasteiger partial charge in [-0.1, -0.05) is 6.08 Å². The topological polar surface area (TPSA) is 118 Å². The number of hydrogen-bond donors (Lipinski definition) is 4. The van der Waals surface area contributed by atoms with E-state index in [9.17, 15) is 9.36 Å². The van der Waals surface area contributed by atoms with E-state index in [1.165, 1.54) is 11.9 Å². The molecule has 0 heterocycles. The predicted octanol–water partition coefficient (Wildman–Crippen LogP) is -0.945. The van der Waals surface area contributed by atoms with Gasteiger partial charge in [0, 0.05) is 12.4 Å². The van der Waals surface area contributed by atoms with Gasteiger partial charge in [0.25, 0.3) is 0 Å². The fourth-order valence-electron chi connectivity index (χ4n) is 0.884. The summed E-state index contributed by atoms with van der Waals surface area (Å²) in [5, 5.41) is 17.3. The normalized spacial score (nSPS) is 14.7. The van der Waals surface area contributed by atoms with Gasteiger partial charge in [-0.05, 0) is 7.05 Å². The molecule has 1 atom stereocenters. The highest BCUT2D eigenvalue weighted by Gasteiger charge is 2.20. The number of carboxylic acids is 1. The van der Waals surface area contributed by atoms with E-state index in [4.69, 9.17) is 20.0 Å². The van der Waals surface area contributed by atoms with E-state index >= 15 is 0 Å². The molecule has 0 unspecified atom stereocenters. The first-order chi connectivity index (χ1) is 6.78. The van der Waals surface area contributed by atoms with Crippen LogP contribution in [-0.2, 0) is 9.36 Å². The smallest absolute Gasteiger partial charge is 0.348 e. The predicted molar refractivity (Wildman–Crippen MR) is 52.3 cm³/mol. The molecule has 0 aromatic rings. The molecule has 0 bridgehead atoms. The molecule has 0 aliphatic heterocycles. The number of aliphatic carboxylic acids is 1. The summed E-state index contributed by atoms with van der Waals surface area (Å²) in [4.78, 5) is 28.8. The number of hydrogen-bond acceptors (Lipinski definition) is 4. The van der Waals surface area contributed by atoms with Crippen LogP contribution >= 0.6 is 7.60 Å². The maximum atomic E-state index is 10.6. The third-order valence-electron chi connectivity index (χ3n) is 1.68. The third-order valence-corrected chi connectivity index (χ3v) is 2.28. The molecule has 0 radical (unpaired) electrons.